The topological polar surface area (TPSA) is 0 Å². The smallest absolute Gasteiger partial charge is 0.125 e. The van der Waals surface area contributed by atoms with Crippen LogP contribution in [0.3, 0.4) is 0 Å². The minimum Gasteiger partial charge on any atom is -0.207 e. The van der Waals surface area contributed by atoms with E-state index in [1.165, 1.54) is 12.5 Å². The van der Waals surface area contributed by atoms with Gasteiger partial charge in [0.25, 0.3) is 0 Å². The summed E-state index contributed by atoms with van der Waals surface area (Å²) < 4.78 is 12.7. The molecule has 0 spiro atoms. The first-order valence-electron chi connectivity index (χ1n) is 4.70. The van der Waals surface area contributed by atoms with E-state index < -0.39 is 0 Å². The number of rotatable bonds is 3. The normalized spacial score (nSPS) is 10.1. The minimum absolute atomic E-state index is 0.271. The Labute approximate surface area is 81.9 Å². The van der Waals surface area contributed by atoms with Crippen LogP contribution >= 0.6 is 0 Å². The Hall–Kier alpha value is -0.850. The van der Waals surface area contributed by atoms with Crippen LogP contribution in [0.25, 0.3) is 0 Å². The van der Waals surface area contributed by atoms with Crippen molar-refractivity contribution in [1.82, 2.24) is 0 Å². The van der Waals surface area contributed by atoms with E-state index in [9.17, 15) is 4.39 Å². The number of hydrogen-bond acceptors (Lipinski definition) is 0. The molecule has 0 nitrogen and oxygen atoms in total. The fourth-order valence-electron chi connectivity index (χ4n) is 0.404. The van der Waals surface area contributed by atoms with Gasteiger partial charge in [-0.1, -0.05) is 45.9 Å². The van der Waals surface area contributed by atoms with Crippen LogP contribution in [0.2, 0.25) is 0 Å². The Bertz CT molecular complexity index is 187. The van der Waals surface area contributed by atoms with Gasteiger partial charge in [0, 0.05) is 0 Å². The zero-order valence-corrected chi connectivity index (χ0v) is 9.28. The molecule has 0 aliphatic carbocycles. The molecule has 0 saturated carbocycles. The molecular weight excluding hydrogens is 163 g/mol. The molecule has 0 rings (SSSR count). The lowest BCUT2D eigenvalue weighted by atomic mass is 10.2. The number of hydrogen-bond donors (Lipinski definition) is 0. The van der Waals surface area contributed by atoms with Gasteiger partial charge in [0.2, 0.25) is 0 Å². The fraction of sp³-hybridized carbons (Fsp3) is 0.500. The predicted octanol–water partition coefficient (Wildman–Crippen LogP) is 4.80. The highest BCUT2D eigenvalue weighted by Crippen LogP contribution is 2.11. The van der Waals surface area contributed by atoms with Crippen LogP contribution < -0.4 is 0 Å². The molecule has 0 aromatic rings. The van der Waals surface area contributed by atoms with E-state index in [1.807, 2.05) is 6.92 Å². The van der Waals surface area contributed by atoms with E-state index in [4.69, 9.17) is 0 Å². The molecule has 0 aromatic heterocycles. The SMILES string of the molecule is C=C(/C=C(/F)C(=C)C)CC.CCC. The highest BCUT2D eigenvalue weighted by atomic mass is 19.1. The van der Waals surface area contributed by atoms with Crippen molar-refractivity contribution in [3.8, 4) is 0 Å². The molecule has 1 heteroatoms. The van der Waals surface area contributed by atoms with Gasteiger partial charge in [-0.3, -0.25) is 0 Å². The van der Waals surface area contributed by atoms with E-state index in [1.54, 1.807) is 6.92 Å². The summed E-state index contributed by atoms with van der Waals surface area (Å²) in [6.07, 6.45) is 3.45. The first kappa shape index (κ1) is 14.7. The van der Waals surface area contributed by atoms with Crippen molar-refractivity contribution >= 4 is 0 Å². The lowest BCUT2D eigenvalue weighted by molar-refractivity contribution is 0.651. The summed E-state index contributed by atoms with van der Waals surface area (Å²) in [5, 5.41) is 0. The van der Waals surface area contributed by atoms with E-state index in [-0.39, 0.29) is 5.83 Å². The highest BCUT2D eigenvalue weighted by Gasteiger charge is 1.93. The molecule has 13 heavy (non-hydrogen) atoms. The van der Waals surface area contributed by atoms with E-state index >= 15 is 0 Å². The molecule has 0 aliphatic rings. The molecular formula is C12H21F. The average Bonchev–Trinajstić information content (AvgIpc) is 2.05. The number of allylic oxidation sites excluding steroid dienone is 4. The second kappa shape index (κ2) is 9.24. The minimum atomic E-state index is -0.271. The van der Waals surface area contributed by atoms with Crippen LogP contribution in [-0.2, 0) is 0 Å². The molecule has 0 fully saturated rings. The first-order chi connectivity index (χ1) is 5.99. The van der Waals surface area contributed by atoms with Gasteiger partial charge in [-0.2, -0.15) is 0 Å². The van der Waals surface area contributed by atoms with Gasteiger partial charge in [-0.05, 0) is 25.0 Å². The van der Waals surface area contributed by atoms with Gasteiger partial charge in [-0.15, -0.1) is 0 Å². The molecule has 76 valence electrons. The molecule has 0 heterocycles. The van der Waals surface area contributed by atoms with Crippen molar-refractivity contribution in [2.24, 2.45) is 0 Å². The Morgan fingerprint density at radius 2 is 1.62 bits per heavy atom. The summed E-state index contributed by atoms with van der Waals surface area (Å²) >= 11 is 0. The molecule has 0 bridgehead atoms. The summed E-state index contributed by atoms with van der Waals surface area (Å²) in [6, 6.07) is 0. The second-order valence-electron chi connectivity index (χ2n) is 2.99. The Morgan fingerprint density at radius 3 is 1.85 bits per heavy atom. The van der Waals surface area contributed by atoms with Crippen LogP contribution in [0.1, 0.15) is 40.5 Å². The summed E-state index contributed by atoms with van der Waals surface area (Å²) in [5.74, 6) is -0.271. The molecule has 0 amide bonds. The molecule has 0 unspecified atom stereocenters. The van der Waals surface area contributed by atoms with E-state index in [2.05, 4.69) is 27.0 Å². The van der Waals surface area contributed by atoms with Gasteiger partial charge in [0.05, 0.1) is 0 Å². The van der Waals surface area contributed by atoms with Crippen molar-refractivity contribution in [2.75, 3.05) is 0 Å². The molecule has 0 aliphatic heterocycles. The second-order valence-corrected chi connectivity index (χ2v) is 2.99. The fourth-order valence-corrected chi connectivity index (χ4v) is 0.404. The van der Waals surface area contributed by atoms with E-state index in [0.717, 1.165) is 12.0 Å². The third-order valence-corrected chi connectivity index (χ3v) is 1.19. The Kier molecular flexibility index (Phi) is 10.4. The van der Waals surface area contributed by atoms with Gasteiger partial charge in [0.15, 0.2) is 0 Å². The number of halogens is 1. The van der Waals surface area contributed by atoms with Crippen LogP contribution in [-0.4, -0.2) is 0 Å². The first-order valence-corrected chi connectivity index (χ1v) is 4.70. The molecule has 0 saturated heterocycles. The van der Waals surface area contributed by atoms with Crippen LogP contribution in [0.15, 0.2) is 36.2 Å². The highest BCUT2D eigenvalue weighted by molar-refractivity contribution is 5.27. The van der Waals surface area contributed by atoms with Gasteiger partial charge < -0.3 is 0 Å². The average molecular weight is 184 g/mol. The summed E-state index contributed by atoms with van der Waals surface area (Å²) in [6.45, 7) is 14.9. The quantitative estimate of drug-likeness (QED) is 0.553. The summed E-state index contributed by atoms with van der Waals surface area (Å²) in [5.41, 5.74) is 1.25. The maximum absolute atomic E-state index is 12.7. The van der Waals surface area contributed by atoms with Gasteiger partial charge in [-0.25, -0.2) is 4.39 Å². The predicted molar refractivity (Wildman–Crippen MR) is 59.4 cm³/mol. The van der Waals surface area contributed by atoms with Crippen molar-refractivity contribution in [3.63, 3.8) is 0 Å². The lowest BCUT2D eigenvalue weighted by Gasteiger charge is -1.95. The van der Waals surface area contributed by atoms with Crippen molar-refractivity contribution < 1.29 is 4.39 Å². The monoisotopic (exact) mass is 184 g/mol. The zero-order chi connectivity index (χ0) is 10.9. The maximum atomic E-state index is 12.7. The standard InChI is InChI=1S/C9H13F.C3H8/c1-5-8(4)6-9(10)7(2)3;1-3-2/h6H,2,4-5H2,1,3H3;3H2,1-2H3/b9-6+;. The van der Waals surface area contributed by atoms with Crippen LogP contribution in [0, 0.1) is 0 Å². The zero-order valence-electron chi connectivity index (χ0n) is 9.28. The third kappa shape index (κ3) is 11.1. The third-order valence-electron chi connectivity index (χ3n) is 1.19. The Morgan fingerprint density at radius 1 is 1.23 bits per heavy atom. The van der Waals surface area contributed by atoms with Crippen LogP contribution in [0.5, 0.6) is 0 Å². The van der Waals surface area contributed by atoms with Crippen molar-refractivity contribution in [3.05, 3.63) is 36.2 Å². The van der Waals surface area contributed by atoms with E-state index in [0.29, 0.717) is 5.57 Å². The molecule has 0 aromatic carbocycles. The molecule has 0 atom stereocenters. The largest absolute Gasteiger partial charge is 0.207 e. The van der Waals surface area contributed by atoms with Gasteiger partial charge >= 0.3 is 0 Å². The Balaban J connectivity index is 0. The lowest BCUT2D eigenvalue weighted by Crippen LogP contribution is -1.76. The maximum Gasteiger partial charge on any atom is 0.125 e. The molecule has 0 radical (unpaired) electrons. The van der Waals surface area contributed by atoms with Crippen LogP contribution in [0.4, 0.5) is 4.39 Å². The summed E-state index contributed by atoms with van der Waals surface area (Å²) in [4.78, 5) is 0. The van der Waals surface area contributed by atoms with Crippen molar-refractivity contribution in [2.45, 2.75) is 40.5 Å². The van der Waals surface area contributed by atoms with Crippen molar-refractivity contribution in [1.29, 1.82) is 0 Å². The van der Waals surface area contributed by atoms with Gasteiger partial charge in [0.1, 0.15) is 5.83 Å². The molecule has 0 N–H and O–H groups in total. The summed E-state index contributed by atoms with van der Waals surface area (Å²) in [7, 11) is 0.